The van der Waals surface area contributed by atoms with E-state index < -0.39 is 39.7 Å². The normalized spacial score (nSPS) is 18.6. The molecule has 3 rings (SSSR count). The molecule has 9 nitrogen and oxygen atoms in total. The number of esters is 2. The number of nitrogens with one attached hydrogen (secondary N) is 1. The predicted octanol–water partition coefficient (Wildman–Crippen LogP) is 5.09. The molecule has 0 radical (unpaired) electrons. The maximum atomic E-state index is 13.8. The van der Waals surface area contributed by atoms with Crippen molar-refractivity contribution in [1.82, 2.24) is 10.2 Å². The Labute approximate surface area is 234 Å². The number of benzene rings is 2. The number of rotatable bonds is 10. The fourth-order valence-electron chi connectivity index (χ4n) is 5.18. The van der Waals surface area contributed by atoms with Crippen molar-refractivity contribution in [2.24, 2.45) is 11.3 Å². The number of para-hydroxylation sites is 1. The van der Waals surface area contributed by atoms with Gasteiger partial charge in [0.15, 0.2) is 0 Å². The average molecular weight is 558 g/mol. The molecule has 1 heterocycles. The van der Waals surface area contributed by atoms with Crippen LogP contribution in [0.2, 0.25) is 5.02 Å². The fourth-order valence-corrected chi connectivity index (χ4v) is 5.43. The van der Waals surface area contributed by atoms with Gasteiger partial charge >= 0.3 is 11.9 Å². The Morgan fingerprint density at radius 3 is 2.44 bits per heavy atom. The quantitative estimate of drug-likeness (QED) is 0.244. The highest BCUT2D eigenvalue weighted by atomic mass is 35.5. The molecule has 1 aliphatic rings. The van der Waals surface area contributed by atoms with Crippen molar-refractivity contribution in [1.29, 1.82) is 0 Å². The van der Waals surface area contributed by atoms with Crippen LogP contribution in [-0.2, 0) is 25.6 Å². The molecule has 1 aliphatic heterocycles. The van der Waals surface area contributed by atoms with Crippen molar-refractivity contribution < 1.29 is 24.0 Å². The van der Waals surface area contributed by atoms with Gasteiger partial charge in [-0.05, 0) is 32.5 Å². The van der Waals surface area contributed by atoms with Crippen molar-refractivity contribution in [3.8, 4) is 0 Å². The number of ether oxygens (including phenoxy) is 2. The first-order chi connectivity index (χ1) is 18.3. The van der Waals surface area contributed by atoms with Crippen LogP contribution in [0.5, 0.6) is 0 Å². The van der Waals surface area contributed by atoms with E-state index in [4.69, 9.17) is 21.1 Å². The van der Waals surface area contributed by atoms with Crippen LogP contribution in [0.4, 0.5) is 5.69 Å². The Hall–Kier alpha value is -3.43. The average Bonchev–Trinajstić information content (AvgIpc) is 2.86. The minimum Gasteiger partial charge on any atom is -0.466 e. The van der Waals surface area contributed by atoms with Crippen LogP contribution in [0, 0.1) is 21.4 Å². The van der Waals surface area contributed by atoms with Gasteiger partial charge in [-0.15, -0.1) is 0 Å². The third-order valence-corrected chi connectivity index (χ3v) is 7.16. The van der Waals surface area contributed by atoms with E-state index in [1.807, 2.05) is 39.1 Å². The standard InChI is InChI=1S/C29H36ClN3O6/c1-28(2,17-32(5)16-19-11-8-7-9-12-19)18-39-27(35)24-23(20-13-10-14-22(30)25(20)33(36)37)21(26(34)38-6)15-31-29(24,3)4/h7-15,23-24,31H,16-18H2,1-6H3. The van der Waals surface area contributed by atoms with Gasteiger partial charge in [0.2, 0.25) is 0 Å². The number of methoxy groups -OCH3 is 1. The second-order valence-corrected chi connectivity index (χ2v) is 11.7. The van der Waals surface area contributed by atoms with Crippen molar-refractivity contribution in [2.75, 3.05) is 27.3 Å². The lowest BCUT2D eigenvalue weighted by Crippen LogP contribution is -2.54. The zero-order valence-electron chi connectivity index (χ0n) is 23.2. The van der Waals surface area contributed by atoms with E-state index >= 15 is 0 Å². The van der Waals surface area contributed by atoms with E-state index in [2.05, 4.69) is 22.3 Å². The Balaban J connectivity index is 1.90. The van der Waals surface area contributed by atoms with Gasteiger partial charge in [-0.1, -0.05) is 67.9 Å². The third kappa shape index (κ3) is 7.16. The van der Waals surface area contributed by atoms with E-state index in [0.29, 0.717) is 6.54 Å². The molecule has 0 saturated carbocycles. The Kier molecular flexibility index (Phi) is 9.40. The molecule has 0 amide bonds. The molecule has 0 fully saturated rings. The molecule has 2 aromatic rings. The van der Waals surface area contributed by atoms with Crippen LogP contribution in [0.25, 0.3) is 0 Å². The minimum absolute atomic E-state index is 0.0750. The number of carbonyl (C=O) groups is 2. The van der Waals surface area contributed by atoms with Gasteiger partial charge < -0.3 is 19.7 Å². The molecule has 210 valence electrons. The molecular formula is C29H36ClN3O6. The fraction of sp³-hybridized carbons (Fsp3) is 0.448. The second kappa shape index (κ2) is 12.2. The van der Waals surface area contributed by atoms with Gasteiger partial charge in [0, 0.05) is 41.7 Å². The maximum absolute atomic E-state index is 13.8. The highest BCUT2D eigenvalue weighted by molar-refractivity contribution is 6.32. The Bertz CT molecular complexity index is 1240. The highest BCUT2D eigenvalue weighted by Crippen LogP contribution is 2.46. The number of nitrogens with zero attached hydrogens (tertiary/aromatic N) is 2. The van der Waals surface area contributed by atoms with Crippen LogP contribution in [0.1, 0.15) is 44.7 Å². The molecule has 0 bridgehead atoms. The van der Waals surface area contributed by atoms with E-state index in [1.165, 1.54) is 31.0 Å². The summed E-state index contributed by atoms with van der Waals surface area (Å²) in [4.78, 5) is 40.1. The van der Waals surface area contributed by atoms with E-state index in [-0.39, 0.29) is 28.5 Å². The molecule has 0 aromatic heterocycles. The first-order valence-electron chi connectivity index (χ1n) is 12.7. The van der Waals surface area contributed by atoms with Crippen LogP contribution in [-0.4, -0.2) is 54.6 Å². The molecule has 10 heteroatoms. The number of hydrogen-bond donors (Lipinski definition) is 1. The number of nitro benzene ring substituents is 1. The lowest BCUT2D eigenvalue weighted by atomic mass is 9.69. The molecule has 2 unspecified atom stereocenters. The van der Waals surface area contributed by atoms with Gasteiger partial charge in [-0.3, -0.25) is 14.9 Å². The summed E-state index contributed by atoms with van der Waals surface area (Å²) in [6.45, 7) is 9.08. The van der Waals surface area contributed by atoms with Gasteiger partial charge in [0.25, 0.3) is 5.69 Å². The number of halogens is 1. The summed E-state index contributed by atoms with van der Waals surface area (Å²) in [7, 11) is 3.22. The molecule has 2 aromatic carbocycles. The van der Waals surface area contributed by atoms with Gasteiger partial charge in [-0.2, -0.15) is 0 Å². The number of hydrogen-bond acceptors (Lipinski definition) is 8. The van der Waals surface area contributed by atoms with Gasteiger partial charge in [0.05, 0.1) is 30.1 Å². The molecule has 0 aliphatic carbocycles. The zero-order valence-corrected chi connectivity index (χ0v) is 23.9. The van der Waals surface area contributed by atoms with Crippen molar-refractivity contribution in [3.05, 3.63) is 86.6 Å². The number of carbonyl (C=O) groups excluding carboxylic acids is 2. The minimum atomic E-state index is -1.02. The predicted molar refractivity (Wildman–Crippen MR) is 149 cm³/mol. The first-order valence-corrected chi connectivity index (χ1v) is 13.0. The summed E-state index contributed by atoms with van der Waals surface area (Å²) in [6.07, 6.45) is 1.45. The molecule has 39 heavy (non-hydrogen) atoms. The molecule has 2 atom stereocenters. The van der Waals surface area contributed by atoms with Crippen molar-refractivity contribution in [3.63, 3.8) is 0 Å². The van der Waals surface area contributed by atoms with Crippen molar-refractivity contribution >= 4 is 29.2 Å². The molecule has 0 saturated heterocycles. The topological polar surface area (TPSA) is 111 Å². The van der Waals surface area contributed by atoms with Crippen molar-refractivity contribution in [2.45, 2.75) is 45.7 Å². The maximum Gasteiger partial charge on any atom is 0.335 e. The second-order valence-electron chi connectivity index (χ2n) is 11.3. The van der Waals surface area contributed by atoms with Crippen LogP contribution < -0.4 is 5.32 Å². The monoisotopic (exact) mass is 557 g/mol. The van der Waals surface area contributed by atoms with Gasteiger partial charge in [0.1, 0.15) is 5.02 Å². The largest absolute Gasteiger partial charge is 0.466 e. The highest BCUT2D eigenvalue weighted by Gasteiger charge is 2.50. The molecule has 1 N–H and O–H groups in total. The molecule has 0 spiro atoms. The van der Waals surface area contributed by atoms with Crippen LogP contribution in [0.15, 0.2) is 60.3 Å². The van der Waals surface area contributed by atoms with E-state index in [9.17, 15) is 19.7 Å². The lowest BCUT2D eigenvalue weighted by molar-refractivity contribution is -0.385. The Morgan fingerprint density at radius 1 is 1.15 bits per heavy atom. The van der Waals surface area contributed by atoms with Crippen LogP contribution >= 0.6 is 11.6 Å². The van der Waals surface area contributed by atoms with E-state index in [0.717, 1.165) is 6.54 Å². The molecular weight excluding hydrogens is 522 g/mol. The summed E-state index contributed by atoms with van der Waals surface area (Å²) < 4.78 is 10.9. The number of nitro groups is 1. The Morgan fingerprint density at radius 2 is 1.82 bits per heavy atom. The first kappa shape index (κ1) is 30.1. The third-order valence-electron chi connectivity index (χ3n) is 6.85. The zero-order chi connectivity index (χ0) is 29.0. The summed E-state index contributed by atoms with van der Waals surface area (Å²) in [5, 5.41) is 15.0. The lowest BCUT2D eigenvalue weighted by Gasteiger charge is -2.42. The van der Waals surface area contributed by atoms with Crippen LogP contribution in [0.3, 0.4) is 0 Å². The summed E-state index contributed by atoms with van der Waals surface area (Å²) in [5.41, 5.74) is -0.282. The summed E-state index contributed by atoms with van der Waals surface area (Å²) in [5.74, 6) is -3.31. The SMILES string of the molecule is COC(=O)C1=CNC(C)(C)C(C(=O)OCC(C)(C)CN(C)Cc2ccccc2)C1c1cccc(Cl)c1[N+](=O)[O-]. The summed E-state index contributed by atoms with van der Waals surface area (Å²) >= 11 is 6.22. The smallest absolute Gasteiger partial charge is 0.335 e. The van der Waals surface area contributed by atoms with E-state index in [1.54, 1.807) is 19.9 Å². The van der Waals surface area contributed by atoms with Gasteiger partial charge in [-0.25, -0.2) is 4.79 Å². The summed E-state index contributed by atoms with van der Waals surface area (Å²) in [6, 6.07) is 14.5.